The Labute approximate surface area is 118 Å². The lowest BCUT2D eigenvalue weighted by Gasteiger charge is -2.07. The summed E-state index contributed by atoms with van der Waals surface area (Å²) in [6.07, 6.45) is 5.33. The summed E-state index contributed by atoms with van der Waals surface area (Å²) >= 11 is 0. The molecule has 0 saturated heterocycles. The highest BCUT2D eigenvalue weighted by molar-refractivity contribution is 5.74. The van der Waals surface area contributed by atoms with Crippen molar-refractivity contribution in [3.8, 4) is 29.1 Å². The number of hydrogen-bond acceptors (Lipinski definition) is 9. The molecule has 0 aliphatic heterocycles. The Kier molecular flexibility index (Phi) is 3.10. The summed E-state index contributed by atoms with van der Waals surface area (Å²) in [5.41, 5.74) is 7.01. The maximum absolute atomic E-state index is 9.24. The summed E-state index contributed by atoms with van der Waals surface area (Å²) in [6.45, 7) is 0. The van der Waals surface area contributed by atoms with Crippen molar-refractivity contribution in [3.63, 3.8) is 0 Å². The zero-order valence-electron chi connectivity index (χ0n) is 10.5. The number of rotatable bonds is 2. The summed E-state index contributed by atoms with van der Waals surface area (Å²) in [5.74, 6) is 0.598. The first-order valence-corrected chi connectivity index (χ1v) is 5.75. The fraction of sp³-hybridized carbons (Fsp3) is 0. The molecule has 0 bridgehead atoms. The van der Waals surface area contributed by atoms with E-state index in [1.165, 1.54) is 31.4 Å². The van der Waals surface area contributed by atoms with Crippen LogP contribution in [-0.2, 0) is 0 Å². The lowest BCUT2D eigenvalue weighted by molar-refractivity contribution is 1.02. The Balaban J connectivity index is 2.24. The highest BCUT2D eigenvalue weighted by Gasteiger charge is 2.16. The second kappa shape index (κ2) is 5.22. The average molecular weight is 277 g/mol. The summed E-state index contributed by atoms with van der Waals surface area (Å²) in [6, 6.07) is 3.53. The van der Waals surface area contributed by atoms with Crippen LogP contribution < -0.4 is 5.73 Å². The maximum atomic E-state index is 9.24. The number of pyridine rings is 1. The lowest BCUT2D eigenvalue weighted by Crippen LogP contribution is -2.03. The van der Waals surface area contributed by atoms with Gasteiger partial charge in [0.1, 0.15) is 48.3 Å². The Bertz CT molecular complexity index is 811. The molecule has 0 aromatic carbocycles. The number of nitriles is 1. The molecule has 3 heterocycles. The van der Waals surface area contributed by atoms with Gasteiger partial charge in [0.25, 0.3) is 0 Å². The van der Waals surface area contributed by atoms with Crippen LogP contribution in [-0.4, -0.2) is 34.9 Å². The van der Waals surface area contributed by atoms with Gasteiger partial charge in [-0.2, -0.15) is 5.26 Å². The molecule has 2 N–H and O–H groups in total. The molecule has 9 nitrogen and oxygen atoms in total. The van der Waals surface area contributed by atoms with Crippen molar-refractivity contribution >= 4 is 5.69 Å². The Morgan fingerprint density at radius 3 is 2.05 bits per heavy atom. The van der Waals surface area contributed by atoms with Gasteiger partial charge in [0.2, 0.25) is 0 Å². The molecule has 100 valence electrons. The van der Waals surface area contributed by atoms with E-state index in [0.29, 0.717) is 11.5 Å². The van der Waals surface area contributed by atoms with Crippen LogP contribution in [0.15, 0.2) is 31.4 Å². The third-order valence-corrected chi connectivity index (χ3v) is 2.59. The van der Waals surface area contributed by atoms with Gasteiger partial charge in [0.05, 0.1) is 5.69 Å². The zero-order chi connectivity index (χ0) is 14.7. The van der Waals surface area contributed by atoms with E-state index in [1.807, 2.05) is 6.07 Å². The van der Waals surface area contributed by atoms with E-state index in [1.54, 1.807) is 0 Å². The van der Waals surface area contributed by atoms with Crippen molar-refractivity contribution in [1.82, 2.24) is 34.9 Å². The van der Waals surface area contributed by atoms with Crippen LogP contribution in [0.1, 0.15) is 5.56 Å². The normalized spacial score (nSPS) is 10.0. The van der Waals surface area contributed by atoms with Gasteiger partial charge in [-0.1, -0.05) is 0 Å². The molecule has 3 rings (SSSR count). The number of hydrogen-bond donors (Lipinski definition) is 1. The summed E-state index contributed by atoms with van der Waals surface area (Å²) in [5, 5.41) is 9.24. The van der Waals surface area contributed by atoms with Gasteiger partial charge in [-0.15, -0.1) is 0 Å². The largest absolute Gasteiger partial charge is 0.398 e. The van der Waals surface area contributed by atoms with Crippen molar-refractivity contribution in [2.24, 2.45) is 0 Å². The van der Waals surface area contributed by atoms with E-state index in [4.69, 9.17) is 5.73 Å². The topological polar surface area (TPSA) is 140 Å². The van der Waals surface area contributed by atoms with E-state index in [0.717, 1.165) is 0 Å². The predicted molar refractivity (Wildman–Crippen MR) is 71.0 cm³/mol. The van der Waals surface area contributed by atoms with E-state index in [9.17, 15) is 5.26 Å². The fourth-order valence-electron chi connectivity index (χ4n) is 1.69. The van der Waals surface area contributed by atoms with Crippen molar-refractivity contribution < 1.29 is 0 Å². The number of nitrogens with two attached hydrogens (primary N) is 1. The standard InChI is InChI=1S/C12H7N9/c13-2-7-8(14)1-9(11-17-3-15-4-18-11)21-10(7)12-19-5-16-6-20-12/h1,3-6H,(H2,14,21). The number of aromatic nitrogens is 7. The fourth-order valence-corrected chi connectivity index (χ4v) is 1.69. The average Bonchev–Trinajstić information content (AvgIpc) is 2.55. The van der Waals surface area contributed by atoms with Gasteiger partial charge in [-0.25, -0.2) is 34.9 Å². The van der Waals surface area contributed by atoms with Crippen LogP contribution in [0.2, 0.25) is 0 Å². The van der Waals surface area contributed by atoms with E-state index >= 15 is 0 Å². The summed E-state index contributed by atoms with van der Waals surface area (Å²) in [4.78, 5) is 27.8. The Morgan fingerprint density at radius 1 is 0.905 bits per heavy atom. The van der Waals surface area contributed by atoms with Crippen LogP contribution in [0, 0.1) is 11.3 Å². The second-order valence-electron chi connectivity index (χ2n) is 3.86. The SMILES string of the molecule is N#Cc1c(N)cc(-c2ncncn2)nc1-c1ncncn1. The molecular formula is C12H7N9. The van der Waals surface area contributed by atoms with Crippen molar-refractivity contribution in [3.05, 3.63) is 36.9 Å². The molecule has 9 heteroatoms. The molecule has 0 aliphatic rings. The van der Waals surface area contributed by atoms with Crippen molar-refractivity contribution in [2.45, 2.75) is 0 Å². The molecule has 0 amide bonds. The molecule has 0 fully saturated rings. The van der Waals surface area contributed by atoms with Crippen LogP contribution in [0.4, 0.5) is 5.69 Å². The van der Waals surface area contributed by atoms with E-state index in [-0.39, 0.29) is 22.8 Å². The Morgan fingerprint density at radius 2 is 1.48 bits per heavy atom. The van der Waals surface area contributed by atoms with E-state index in [2.05, 4.69) is 34.9 Å². The van der Waals surface area contributed by atoms with Crippen LogP contribution in [0.5, 0.6) is 0 Å². The van der Waals surface area contributed by atoms with Gasteiger partial charge in [-0.05, 0) is 6.07 Å². The molecule has 0 radical (unpaired) electrons. The minimum atomic E-state index is 0.194. The van der Waals surface area contributed by atoms with Gasteiger partial charge in [-0.3, -0.25) is 0 Å². The first kappa shape index (κ1) is 12.5. The van der Waals surface area contributed by atoms with Gasteiger partial charge in [0, 0.05) is 0 Å². The van der Waals surface area contributed by atoms with Gasteiger partial charge in [0.15, 0.2) is 11.6 Å². The number of nitrogens with zero attached hydrogens (tertiary/aromatic N) is 8. The van der Waals surface area contributed by atoms with Gasteiger partial charge < -0.3 is 5.73 Å². The highest BCUT2D eigenvalue weighted by Crippen LogP contribution is 2.26. The summed E-state index contributed by atoms with van der Waals surface area (Å²) in [7, 11) is 0. The van der Waals surface area contributed by atoms with Crippen LogP contribution >= 0.6 is 0 Å². The number of anilines is 1. The first-order chi connectivity index (χ1) is 10.3. The Hall–Kier alpha value is -3.54. The van der Waals surface area contributed by atoms with E-state index < -0.39 is 0 Å². The number of nitrogen functional groups attached to an aromatic ring is 1. The molecule has 3 aromatic rings. The van der Waals surface area contributed by atoms with Crippen molar-refractivity contribution in [1.29, 1.82) is 5.26 Å². The highest BCUT2D eigenvalue weighted by atomic mass is 15.0. The molecule has 0 saturated carbocycles. The van der Waals surface area contributed by atoms with Crippen LogP contribution in [0.3, 0.4) is 0 Å². The maximum Gasteiger partial charge on any atom is 0.182 e. The van der Waals surface area contributed by atoms with Crippen LogP contribution in [0.25, 0.3) is 23.0 Å². The third kappa shape index (κ3) is 2.33. The molecule has 0 atom stereocenters. The molecule has 0 spiro atoms. The molecular weight excluding hydrogens is 270 g/mol. The first-order valence-electron chi connectivity index (χ1n) is 5.75. The molecule has 21 heavy (non-hydrogen) atoms. The molecule has 0 unspecified atom stereocenters. The zero-order valence-corrected chi connectivity index (χ0v) is 10.5. The minimum Gasteiger partial charge on any atom is -0.398 e. The molecule has 0 aliphatic carbocycles. The van der Waals surface area contributed by atoms with Crippen molar-refractivity contribution in [2.75, 3.05) is 5.73 Å². The van der Waals surface area contributed by atoms with Gasteiger partial charge >= 0.3 is 0 Å². The smallest absolute Gasteiger partial charge is 0.182 e. The molecule has 3 aromatic heterocycles. The lowest BCUT2D eigenvalue weighted by atomic mass is 10.1. The second-order valence-corrected chi connectivity index (χ2v) is 3.86. The minimum absolute atomic E-state index is 0.194. The summed E-state index contributed by atoms with van der Waals surface area (Å²) < 4.78 is 0. The quantitative estimate of drug-likeness (QED) is 0.697. The predicted octanol–water partition coefficient (Wildman–Crippen LogP) is 0.239. The third-order valence-electron chi connectivity index (χ3n) is 2.59. The monoisotopic (exact) mass is 277 g/mol.